The highest BCUT2D eigenvalue weighted by atomic mass is 32.1. The molecule has 3 N–H and O–H groups in total. The molecule has 20 heavy (non-hydrogen) atoms. The van der Waals surface area contributed by atoms with Gasteiger partial charge in [-0.3, -0.25) is 4.79 Å². The van der Waals surface area contributed by atoms with Gasteiger partial charge < -0.3 is 11.1 Å². The number of nitrogen functional groups attached to an aromatic ring is 1. The van der Waals surface area contributed by atoms with Crippen LogP contribution in [0.3, 0.4) is 0 Å². The summed E-state index contributed by atoms with van der Waals surface area (Å²) in [6.07, 6.45) is 0. The molecule has 0 aliphatic rings. The summed E-state index contributed by atoms with van der Waals surface area (Å²) in [6.45, 7) is 2.00. The molecule has 0 aliphatic heterocycles. The number of nitrogens with one attached hydrogen (secondary N) is 1. The van der Waals surface area contributed by atoms with Gasteiger partial charge >= 0.3 is 0 Å². The highest BCUT2D eigenvalue weighted by Crippen LogP contribution is 2.28. The van der Waals surface area contributed by atoms with Crippen LogP contribution in [0.2, 0.25) is 0 Å². The van der Waals surface area contributed by atoms with E-state index in [2.05, 4.69) is 5.32 Å². The van der Waals surface area contributed by atoms with E-state index in [4.69, 9.17) is 5.73 Å². The molecule has 2 aromatic heterocycles. The fourth-order valence-electron chi connectivity index (χ4n) is 2.05. The molecular formula is C15H14N2OS2. The van der Waals surface area contributed by atoms with Crippen LogP contribution in [0.1, 0.15) is 27.5 Å². The van der Waals surface area contributed by atoms with Gasteiger partial charge in [0.15, 0.2) is 0 Å². The number of anilines is 1. The third-order valence-corrected chi connectivity index (χ3v) is 5.25. The average Bonchev–Trinajstić information content (AvgIpc) is 3.07. The Bertz CT molecular complexity index is 746. The summed E-state index contributed by atoms with van der Waals surface area (Å²) in [7, 11) is 0. The van der Waals surface area contributed by atoms with Crippen molar-refractivity contribution in [3.63, 3.8) is 0 Å². The van der Waals surface area contributed by atoms with Gasteiger partial charge in [-0.1, -0.05) is 6.07 Å². The van der Waals surface area contributed by atoms with Crippen LogP contribution < -0.4 is 11.1 Å². The predicted molar refractivity (Wildman–Crippen MR) is 86.4 cm³/mol. The number of nitrogens with two attached hydrogens (primary N) is 1. The van der Waals surface area contributed by atoms with E-state index in [1.807, 2.05) is 48.7 Å². The minimum absolute atomic E-state index is 0.0257. The normalized spacial score (nSPS) is 12.4. The van der Waals surface area contributed by atoms with Crippen molar-refractivity contribution < 1.29 is 4.79 Å². The summed E-state index contributed by atoms with van der Waals surface area (Å²) in [5.74, 6) is -0.0364. The molecule has 0 saturated heterocycles. The SMILES string of the molecule is CC(NC(=O)c1cc2cc(N)ccc2s1)c1cccs1. The van der Waals surface area contributed by atoms with Gasteiger partial charge in [0.05, 0.1) is 10.9 Å². The van der Waals surface area contributed by atoms with Crippen LogP contribution in [0.25, 0.3) is 10.1 Å². The van der Waals surface area contributed by atoms with Crippen molar-refractivity contribution in [3.8, 4) is 0 Å². The van der Waals surface area contributed by atoms with Gasteiger partial charge in [0.2, 0.25) is 0 Å². The Balaban J connectivity index is 1.82. The summed E-state index contributed by atoms with van der Waals surface area (Å²) in [5, 5.41) is 6.06. The minimum atomic E-state index is -0.0364. The van der Waals surface area contributed by atoms with E-state index in [0.29, 0.717) is 10.6 Å². The molecular weight excluding hydrogens is 288 g/mol. The number of hydrogen-bond acceptors (Lipinski definition) is 4. The van der Waals surface area contributed by atoms with Crippen molar-refractivity contribution in [2.75, 3.05) is 5.73 Å². The minimum Gasteiger partial charge on any atom is -0.399 e. The number of fused-ring (bicyclic) bond motifs is 1. The molecule has 0 aliphatic carbocycles. The number of hydrogen-bond donors (Lipinski definition) is 2. The average molecular weight is 302 g/mol. The van der Waals surface area contributed by atoms with Crippen LogP contribution >= 0.6 is 22.7 Å². The van der Waals surface area contributed by atoms with Gasteiger partial charge in [-0.25, -0.2) is 0 Å². The molecule has 1 unspecified atom stereocenters. The van der Waals surface area contributed by atoms with E-state index < -0.39 is 0 Å². The Kier molecular flexibility index (Phi) is 3.46. The third-order valence-electron chi connectivity index (χ3n) is 3.08. The zero-order valence-corrected chi connectivity index (χ0v) is 12.6. The van der Waals surface area contributed by atoms with Gasteiger partial charge in [0.25, 0.3) is 5.91 Å². The Morgan fingerprint density at radius 2 is 2.15 bits per heavy atom. The Morgan fingerprint density at radius 3 is 2.90 bits per heavy atom. The highest BCUT2D eigenvalue weighted by molar-refractivity contribution is 7.20. The molecule has 0 fully saturated rings. The second kappa shape index (κ2) is 5.26. The molecule has 1 aromatic carbocycles. The lowest BCUT2D eigenvalue weighted by Crippen LogP contribution is -2.25. The van der Waals surface area contributed by atoms with Crippen LogP contribution in [-0.2, 0) is 0 Å². The van der Waals surface area contributed by atoms with Crippen molar-refractivity contribution in [3.05, 3.63) is 51.5 Å². The fourth-order valence-corrected chi connectivity index (χ4v) is 3.73. The quantitative estimate of drug-likeness (QED) is 0.718. The summed E-state index contributed by atoms with van der Waals surface area (Å²) >= 11 is 3.14. The van der Waals surface area contributed by atoms with E-state index in [-0.39, 0.29) is 11.9 Å². The second-order valence-electron chi connectivity index (χ2n) is 4.62. The Morgan fingerprint density at radius 1 is 1.30 bits per heavy atom. The topological polar surface area (TPSA) is 55.1 Å². The summed E-state index contributed by atoms with van der Waals surface area (Å²) in [6, 6.07) is 11.6. The number of amides is 1. The van der Waals surface area contributed by atoms with Crippen LogP contribution in [0.4, 0.5) is 5.69 Å². The monoisotopic (exact) mass is 302 g/mol. The lowest BCUT2D eigenvalue weighted by Gasteiger charge is -2.10. The highest BCUT2D eigenvalue weighted by Gasteiger charge is 2.14. The van der Waals surface area contributed by atoms with Crippen LogP contribution in [0.5, 0.6) is 0 Å². The van der Waals surface area contributed by atoms with Crippen molar-refractivity contribution in [1.29, 1.82) is 0 Å². The fraction of sp³-hybridized carbons (Fsp3) is 0.133. The molecule has 3 rings (SSSR count). The number of carbonyl (C=O) groups is 1. The molecule has 1 atom stereocenters. The van der Waals surface area contributed by atoms with E-state index in [1.54, 1.807) is 11.3 Å². The first-order valence-electron chi connectivity index (χ1n) is 6.27. The lowest BCUT2D eigenvalue weighted by atomic mass is 10.2. The maximum absolute atomic E-state index is 12.3. The van der Waals surface area contributed by atoms with Crippen LogP contribution in [-0.4, -0.2) is 5.91 Å². The van der Waals surface area contributed by atoms with Gasteiger partial charge in [-0.2, -0.15) is 0 Å². The molecule has 3 nitrogen and oxygen atoms in total. The van der Waals surface area contributed by atoms with Crippen molar-refractivity contribution >= 4 is 44.4 Å². The van der Waals surface area contributed by atoms with Crippen LogP contribution in [0, 0.1) is 0 Å². The van der Waals surface area contributed by atoms with E-state index in [0.717, 1.165) is 15.0 Å². The third kappa shape index (κ3) is 2.55. The number of thiophene rings is 2. The standard InChI is InChI=1S/C15H14N2OS2/c1-9(12-3-2-6-19-12)17-15(18)14-8-10-7-11(16)4-5-13(10)20-14/h2-9H,16H2,1H3,(H,17,18). The molecule has 0 radical (unpaired) electrons. The molecule has 3 aromatic rings. The van der Waals surface area contributed by atoms with E-state index in [1.165, 1.54) is 11.3 Å². The maximum Gasteiger partial charge on any atom is 0.261 e. The molecule has 5 heteroatoms. The Labute approximate surface area is 125 Å². The summed E-state index contributed by atoms with van der Waals surface area (Å²) in [5.41, 5.74) is 6.48. The van der Waals surface area contributed by atoms with Gasteiger partial charge in [0.1, 0.15) is 0 Å². The molecule has 0 spiro atoms. The molecule has 0 bridgehead atoms. The zero-order chi connectivity index (χ0) is 14.1. The zero-order valence-electron chi connectivity index (χ0n) is 10.9. The van der Waals surface area contributed by atoms with E-state index >= 15 is 0 Å². The van der Waals surface area contributed by atoms with Gasteiger partial charge in [-0.05, 0) is 48.0 Å². The first-order valence-corrected chi connectivity index (χ1v) is 7.96. The first-order chi connectivity index (χ1) is 9.63. The molecule has 102 valence electrons. The smallest absolute Gasteiger partial charge is 0.261 e. The second-order valence-corrected chi connectivity index (χ2v) is 6.68. The predicted octanol–water partition coefficient (Wildman–Crippen LogP) is 4.04. The Hall–Kier alpha value is -1.85. The molecule has 0 saturated carbocycles. The lowest BCUT2D eigenvalue weighted by molar-refractivity contribution is 0.0944. The van der Waals surface area contributed by atoms with Crippen LogP contribution in [0.15, 0.2) is 41.8 Å². The number of rotatable bonds is 3. The van der Waals surface area contributed by atoms with Gasteiger partial charge in [-0.15, -0.1) is 22.7 Å². The largest absolute Gasteiger partial charge is 0.399 e. The number of benzene rings is 1. The van der Waals surface area contributed by atoms with Crippen molar-refractivity contribution in [2.45, 2.75) is 13.0 Å². The van der Waals surface area contributed by atoms with E-state index in [9.17, 15) is 4.79 Å². The summed E-state index contributed by atoms with van der Waals surface area (Å²) in [4.78, 5) is 14.2. The maximum atomic E-state index is 12.3. The molecule has 1 amide bonds. The van der Waals surface area contributed by atoms with Crippen molar-refractivity contribution in [2.24, 2.45) is 0 Å². The van der Waals surface area contributed by atoms with Crippen molar-refractivity contribution in [1.82, 2.24) is 5.32 Å². The van der Waals surface area contributed by atoms with Gasteiger partial charge in [0, 0.05) is 15.3 Å². The number of carbonyl (C=O) groups excluding carboxylic acids is 1. The summed E-state index contributed by atoms with van der Waals surface area (Å²) < 4.78 is 1.08. The first kappa shape index (κ1) is 13.1. The molecule has 2 heterocycles.